The molecule has 3 heterocycles. The Morgan fingerprint density at radius 3 is 3.22 bits per heavy atom. The molecule has 7 heteroatoms. The fourth-order valence-corrected chi connectivity index (χ4v) is 2.69. The predicted molar refractivity (Wildman–Crippen MR) is 66.3 cm³/mol. The highest BCUT2D eigenvalue weighted by Crippen LogP contribution is 2.19. The summed E-state index contributed by atoms with van der Waals surface area (Å²) in [6, 6.07) is -0.154. The second-order valence-corrected chi connectivity index (χ2v) is 5.02. The Kier molecular flexibility index (Phi) is 2.83. The quantitative estimate of drug-likeness (QED) is 0.902. The van der Waals surface area contributed by atoms with Crippen molar-refractivity contribution in [2.24, 2.45) is 0 Å². The maximum absolute atomic E-state index is 11.9. The Labute approximate surface area is 108 Å². The first-order chi connectivity index (χ1) is 8.75. The van der Waals surface area contributed by atoms with Gasteiger partial charge in [-0.2, -0.15) is 0 Å². The van der Waals surface area contributed by atoms with Gasteiger partial charge in [-0.3, -0.25) is 4.79 Å². The number of nitrogens with one attached hydrogen (secondary N) is 1. The van der Waals surface area contributed by atoms with Crippen molar-refractivity contribution in [1.29, 1.82) is 0 Å². The van der Waals surface area contributed by atoms with Crippen LogP contribution in [0.25, 0.3) is 0 Å². The molecule has 2 aromatic heterocycles. The average Bonchev–Trinajstić information content (AvgIpc) is 3.06. The minimum Gasteiger partial charge on any atom is -0.341 e. The molecule has 94 valence electrons. The maximum Gasteiger partial charge on any atom is 0.271 e. The largest absolute Gasteiger partial charge is 0.341 e. The second kappa shape index (κ2) is 4.49. The van der Waals surface area contributed by atoms with E-state index in [0.717, 1.165) is 31.0 Å². The Balaban J connectivity index is 1.75. The highest BCUT2D eigenvalue weighted by atomic mass is 32.1. The summed E-state index contributed by atoms with van der Waals surface area (Å²) in [6.45, 7) is 2.86. The topological polar surface area (TPSA) is 72.7 Å². The number of hydrogen-bond acceptors (Lipinski definition) is 5. The highest BCUT2D eigenvalue weighted by molar-refractivity contribution is 7.07. The van der Waals surface area contributed by atoms with Gasteiger partial charge in [0.15, 0.2) is 5.82 Å². The molecule has 1 aliphatic heterocycles. The monoisotopic (exact) mass is 263 g/mol. The van der Waals surface area contributed by atoms with E-state index in [2.05, 4.69) is 25.1 Å². The SMILES string of the molecule is CC(NC(=O)c1cscn1)c1nnc2n1CCC2. The summed E-state index contributed by atoms with van der Waals surface area (Å²) < 4.78 is 2.09. The van der Waals surface area contributed by atoms with Crippen LogP contribution in [0.15, 0.2) is 10.9 Å². The third kappa shape index (κ3) is 1.90. The van der Waals surface area contributed by atoms with Crippen LogP contribution in [-0.4, -0.2) is 25.7 Å². The van der Waals surface area contributed by atoms with E-state index in [9.17, 15) is 4.79 Å². The molecule has 6 nitrogen and oxygen atoms in total. The van der Waals surface area contributed by atoms with E-state index >= 15 is 0 Å². The molecule has 1 N–H and O–H groups in total. The molecule has 2 aromatic rings. The number of aryl methyl sites for hydroxylation is 1. The lowest BCUT2D eigenvalue weighted by atomic mass is 10.3. The smallest absolute Gasteiger partial charge is 0.271 e. The number of fused-ring (bicyclic) bond motifs is 1. The summed E-state index contributed by atoms with van der Waals surface area (Å²) in [5, 5.41) is 12.9. The van der Waals surface area contributed by atoms with Crippen LogP contribution < -0.4 is 5.32 Å². The number of aromatic nitrogens is 4. The first-order valence-electron chi connectivity index (χ1n) is 5.86. The second-order valence-electron chi connectivity index (χ2n) is 4.30. The van der Waals surface area contributed by atoms with Crippen LogP contribution in [-0.2, 0) is 13.0 Å². The van der Waals surface area contributed by atoms with Gasteiger partial charge in [-0.25, -0.2) is 4.98 Å². The van der Waals surface area contributed by atoms with E-state index in [0.29, 0.717) is 5.69 Å². The lowest BCUT2D eigenvalue weighted by Gasteiger charge is -2.12. The molecule has 1 aliphatic rings. The molecular formula is C11H13N5OS. The maximum atomic E-state index is 11.9. The fourth-order valence-electron chi connectivity index (χ4n) is 2.15. The molecule has 0 radical (unpaired) electrons. The summed E-state index contributed by atoms with van der Waals surface area (Å²) in [6.07, 6.45) is 2.07. The molecule has 18 heavy (non-hydrogen) atoms. The van der Waals surface area contributed by atoms with Gasteiger partial charge >= 0.3 is 0 Å². The van der Waals surface area contributed by atoms with Crippen LogP contribution in [0, 0.1) is 0 Å². The van der Waals surface area contributed by atoms with E-state index in [1.807, 2.05) is 6.92 Å². The van der Waals surface area contributed by atoms with Crippen molar-refractivity contribution in [2.45, 2.75) is 32.4 Å². The van der Waals surface area contributed by atoms with E-state index in [1.165, 1.54) is 11.3 Å². The fraction of sp³-hybridized carbons (Fsp3) is 0.455. The first-order valence-corrected chi connectivity index (χ1v) is 6.81. The van der Waals surface area contributed by atoms with E-state index in [-0.39, 0.29) is 11.9 Å². The molecule has 3 rings (SSSR count). The van der Waals surface area contributed by atoms with Gasteiger partial charge in [0.25, 0.3) is 5.91 Å². The molecular weight excluding hydrogens is 250 g/mol. The van der Waals surface area contributed by atoms with E-state index in [1.54, 1.807) is 10.9 Å². The Morgan fingerprint density at radius 1 is 1.56 bits per heavy atom. The lowest BCUT2D eigenvalue weighted by molar-refractivity contribution is 0.0933. The van der Waals surface area contributed by atoms with Gasteiger partial charge in [0.05, 0.1) is 11.6 Å². The highest BCUT2D eigenvalue weighted by Gasteiger charge is 2.22. The third-order valence-corrected chi connectivity index (χ3v) is 3.62. The number of hydrogen-bond donors (Lipinski definition) is 1. The van der Waals surface area contributed by atoms with Crippen molar-refractivity contribution in [1.82, 2.24) is 25.1 Å². The number of amides is 1. The molecule has 0 saturated heterocycles. The molecule has 0 spiro atoms. The summed E-state index contributed by atoms with van der Waals surface area (Å²) in [5.74, 6) is 1.67. The normalized spacial score (nSPS) is 15.4. The Morgan fingerprint density at radius 2 is 2.44 bits per heavy atom. The predicted octanol–water partition coefficient (Wildman–Crippen LogP) is 1.17. The molecule has 1 unspecified atom stereocenters. The molecule has 0 aromatic carbocycles. The third-order valence-electron chi connectivity index (χ3n) is 3.04. The van der Waals surface area contributed by atoms with Crippen LogP contribution >= 0.6 is 11.3 Å². The lowest BCUT2D eigenvalue weighted by Crippen LogP contribution is -2.28. The number of carbonyl (C=O) groups is 1. The summed E-state index contributed by atoms with van der Waals surface area (Å²) >= 11 is 1.41. The van der Waals surface area contributed by atoms with Gasteiger partial charge in [0, 0.05) is 18.3 Å². The number of carbonyl (C=O) groups excluding carboxylic acids is 1. The van der Waals surface area contributed by atoms with Gasteiger partial charge in [0.2, 0.25) is 0 Å². The number of thiazole rings is 1. The molecule has 0 aliphatic carbocycles. The zero-order chi connectivity index (χ0) is 12.5. The summed E-state index contributed by atoms with van der Waals surface area (Å²) in [7, 11) is 0. The first kappa shape index (κ1) is 11.3. The zero-order valence-electron chi connectivity index (χ0n) is 9.96. The van der Waals surface area contributed by atoms with Crippen molar-refractivity contribution < 1.29 is 4.79 Å². The molecule has 1 atom stereocenters. The molecule has 1 amide bonds. The van der Waals surface area contributed by atoms with Crippen LogP contribution in [0.1, 0.15) is 41.5 Å². The Bertz CT molecular complexity index is 562. The standard InChI is InChI=1S/C11H13N5OS/c1-7(13-11(17)8-5-18-6-12-8)10-15-14-9-3-2-4-16(9)10/h5-7H,2-4H2,1H3,(H,13,17). The van der Waals surface area contributed by atoms with Crippen LogP contribution in [0.3, 0.4) is 0 Å². The van der Waals surface area contributed by atoms with E-state index in [4.69, 9.17) is 0 Å². The number of rotatable bonds is 3. The van der Waals surface area contributed by atoms with Crippen molar-refractivity contribution in [3.63, 3.8) is 0 Å². The summed E-state index contributed by atoms with van der Waals surface area (Å²) in [5.41, 5.74) is 2.10. The van der Waals surface area contributed by atoms with E-state index < -0.39 is 0 Å². The zero-order valence-corrected chi connectivity index (χ0v) is 10.8. The van der Waals surface area contributed by atoms with Gasteiger partial charge in [-0.15, -0.1) is 21.5 Å². The number of nitrogens with zero attached hydrogens (tertiary/aromatic N) is 4. The van der Waals surface area contributed by atoms with Crippen LogP contribution in [0.4, 0.5) is 0 Å². The molecule has 0 bridgehead atoms. The van der Waals surface area contributed by atoms with Crippen molar-refractivity contribution in [3.8, 4) is 0 Å². The van der Waals surface area contributed by atoms with Gasteiger partial charge in [-0.1, -0.05) is 0 Å². The van der Waals surface area contributed by atoms with Gasteiger partial charge in [-0.05, 0) is 13.3 Å². The van der Waals surface area contributed by atoms with Crippen LogP contribution in [0.2, 0.25) is 0 Å². The summed E-state index contributed by atoms with van der Waals surface area (Å²) in [4.78, 5) is 15.9. The van der Waals surface area contributed by atoms with Gasteiger partial charge < -0.3 is 9.88 Å². The average molecular weight is 263 g/mol. The molecule has 0 saturated carbocycles. The Hall–Kier alpha value is -1.76. The minimum absolute atomic E-state index is 0.154. The molecule has 0 fully saturated rings. The van der Waals surface area contributed by atoms with Crippen molar-refractivity contribution in [2.75, 3.05) is 0 Å². The van der Waals surface area contributed by atoms with Crippen molar-refractivity contribution >= 4 is 17.2 Å². The van der Waals surface area contributed by atoms with Crippen LogP contribution in [0.5, 0.6) is 0 Å². The van der Waals surface area contributed by atoms with Gasteiger partial charge in [0.1, 0.15) is 11.5 Å². The van der Waals surface area contributed by atoms with Crippen molar-refractivity contribution in [3.05, 3.63) is 28.2 Å². The minimum atomic E-state index is -0.168.